The molecule has 2 aromatic rings. The molecule has 0 amide bonds. The van der Waals surface area contributed by atoms with Crippen LogP contribution in [0.25, 0.3) is 0 Å². The summed E-state index contributed by atoms with van der Waals surface area (Å²) in [5.41, 5.74) is 2.34. The molecule has 0 saturated heterocycles. The normalized spacial score (nSPS) is 10.1. The summed E-state index contributed by atoms with van der Waals surface area (Å²) >= 11 is 0. The summed E-state index contributed by atoms with van der Waals surface area (Å²) in [4.78, 5) is 12.0. The van der Waals surface area contributed by atoms with E-state index in [0.717, 1.165) is 0 Å². The number of aromatic nitrogens is 4. The monoisotopic (exact) mass is 251 g/mol. The summed E-state index contributed by atoms with van der Waals surface area (Å²) in [5.74, 6) is 6.47. The number of ether oxygens (including phenoxy) is 1. The Morgan fingerprint density at radius 1 is 1.33 bits per heavy atom. The van der Waals surface area contributed by atoms with Crippen LogP contribution in [0, 0.1) is 0 Å². The summed E-state index contributed by atoms with van der Waals surface area (Å²) < 4.78 is 10.1. The lowest BCUT2D eigenvalue weighted by Crippen LogP contribution is -2.14. The molecule has 0 unspecified atom stereocenters. The fraction of sp³-hybridized carbons (Fsp3) is 0.333. The van der Waals surface area contributed by atoms with Gasteiger partial charge in [0.25, 0.3) is 0 Å². The van der Waals surface area contributed by atoms with Crippen molar-refractivity contribution >= 4 is 11.9 Å². The molecule has 0 bridgehead atoms. The summed E-state index contributed by atoms with van der Waals surface area (Å²) in [6.07, 6.45) is 1.56. The highest BCUT2D eigenvalue weighted by molar-refractivity contribution is 5.35. The zero-order valence-electron chi connectivity index (χ0n) is 9.75. The lowest BCUT2D eigenvalue weighted by atomic mass is 10.4. The van der Waals surface area contributed by atoms with E-state index in [0.29, 0.717) is 24.9 Å². The Hall–Kier alpha value is -2.42. The largest absolute Gasteiger partial charge is 0.464 e. The van der Waals surface area contributed by atoms with Crippen LogP contribution in [0.15, 0.2) is 16.8 Å². The minimum atomic E-state index is 0.195. The molecule has 0 radical (unpaired) electrons. The molecule has 2 heterocycles. The van der Waals surface area contributed by atoms with Gasteiger partial charge in [0.2, 0.25) is 11.9 Å². The second-order valence-electron chi connectivity index (χ2n) is 3.17. The number of anilines is 2. The Morgan fingerprint density at radius 2 is 2.17 bits per heavy atom. The predicted molar refractivity (Wildman–Crippen MR) is 62.6 cm³/mol. The molecule has 0 aromatic carbocycles. The van der Waals surface area contributed by atoms with E-state index in [4.69, 9.17) is 15.1 Å². The zero-order chi connectivity index (χ0) is 12.8. The Morgan fingerprint density at radius 3 is 2.83 bits per heavy atom. The van der Waals surface area contributed by atoms with Gasteiger partial charge in [-0.2, -0.15) is 15.0 Å². The van der Waals surface area contributed by atoms with E-state index in [-0.39, 0.29) is 12.0 Å². The maximum atomic E-state index is 5.26. The lowest BCUT2D eigenvalue weighted by Gasteiger charge is -2.07. The number of hydrazine groups is 1. The van der Waals surface area contributed by atoms with E-state index in [1.54, 1.807) is 12.3 Å². The lowest BCUT2D eigenvalue weighted by molar-refractivity contribution is 0.312. The van der Waals surface area contributed by atoms with Gasteiger partial charge in [-0.15, -0.1) is 0 Å². The predicted octanol–water partition coefficient (Wildman–Crippen LogP) is 0.156. The molecule has 0 saturated carbocycles. The first-order valence-corrected chi connectivity index (χ1v) is 5.30. The van der Waals surface area contributed by atoms with Crippen molar-refractivity contribution in [2.45, 2.75) is 13.5 Å². The van der Waals surface area contributed by atoms with Crippen LogP contribution >= 0.6 is 0 Å². The van der Waals surface area contributed by atoms with Crippen molar-refractivity contribution in [3.8, 4) is 6.01 Å². The SMILES string of the molecule is CCOc1nc(NN)nc(NCc2ccno2)n1. The van der Waals surface area contributed by atoms with E-state index < -0.39 is 0 Å². The minimum Gasteiger partial charge on any atom is -0.464 e. The van der Waals surface area contributed by atoms with Crippen molar-refractivity contribution in [3.05, 3.63) is 18.0 Å². The Labute approximate surface area is 103 Å². The smallest absolute Gasteiger partial charge is 0.323 e. The molecule has 9 nitrogen and oxygen atoms in total. The molecule has 0 fully saturated rings. The van der Waals surface area contributed by atoms with Gasteiger partial charge in [0, 0.05) is 6.07 Å². The quantitative estimate of drug-likeness (QED) is 0.486. The molecule has 2 rings (SSSR count). The molecule has 96 valence electrons. The van der Waals surface area contributed by atoms with Gasteiger partial charge < -0.3 is 14.6 Å². The molecule has 0 aliphatic carbocycles. The number of nitrogens with two attached hydrogens (primary N) is 1. The molecule has 18 heavy (non-hydrogen) atoms. The maximum absolute atomic E-state index is 5.26. The number of rotatable bonds is 6. The second-order valence-corrected chi connectivity index (χ2v) is 3.17. The maximum Gasteiger partial charge on any atom is 0.323 e. The van der Waals surface area contributed by atoms with Crippen molar-refractivity contribution in [2.24, 2.45) is 5.84 Å². The molecule has 9 heteroatoms. The summed E-state index contributed by atoms with van der Waals surface area (Å²) in [6.45, 7) is 2.69. The second kappa shape index (κ2) is 5.77. The summed E-state index contributed by atoms with van der Waals surface area (Å²) in [5, 5.41) is 6.54. The molecular formula is C9H13N7O2. The van der Waals surface area contributed by atoms with Crippen molar-refractivity contribution in [2.75, 3.05) is 17.3 Å². The molecule has 0 aliphatic rings. The van der Waals surface area contributed by atoms with Gasteiger partial charge in [0.1, 0.15) is 0 Å². The van der Waals surface area contributed by atoms with Crippen LogP contribution < -0.4 is 21.3 Å². The van der Waals surface area contributed by atoms with E-state index in [1.807, 2.05) is 6.92 Å². The number of nitrogens with one attached hydrogen (secondary N) is 2. The van der Waals surface area contributed by atoms with E-state index in [1.165, 1.54) is 0 Å². The number of nitrogen functional groups attached to an aromatic ring is 1. The fourth-order valence-corrected chi connectivity index (χ4v) is 1.19. The van der Waals surface area contributed by atoms with Crippen LogP contribution in [0.3, 0.4) is 0 Å². The molecule has 2 aromatic heterocycles. The van der Waals surface area contributed by atoms with Gasteiger partial charge in [-0.3, -0.25) is 5.43 Å². The number of nitrogens with zero attached hydrogens (tertiary/aromatic N) is 4. The average Bonchev–Trinajstić information content (AvgIpc) is 2.89. The first-order chi connectivity index (χ1) is 8.81. The third-order valence-corrected chi connectivity index (χ3v) is 1.93. The summed E-state index contributed by atoms with van der Waals surface area (Å²) in [6, 6.07) is 1.93. The van der Waals surface area contributed by atoms with Crippen molar-refractivity contribution < 1.29 is 9.26 Å². The highest BCUT2D eigenvalue weighted by Crippen LogP contribution is 2.11. The van der Waals surface area contributed by atoms with Gasteiger partial charge in [-0.05, 0) is 6.92 Å². The van der Waals surface area contributed by atoms with Crippen molar-refractivity contribution in [3.63, 3.8) is 0 Å². The van der Waals surface area contributed by atoms with Gasteiger partial charge >= 0.3 is 6.01 Å². The van der Waals surface area contributed by atoms with Crippen LogP contribution in [-0.2, 0) is 6.54 Å². The topological polar surface area (TPSA) is 124 Å². The Kier molecular flexibility index (Phi) is 3.86. The third-order valence-electron chi connectivity index (χ3n) is 1.93. The zero-order valence-corrected chi connectivity index (χ0v) is 9.75. The minimum absolute atomic E-state index is 0.195. The van der Waals surface area contributed by atoms with Crippen LogP contribution in [0.1, 0.15) is 12.7 Å². The Bertz CT molecular complexity index is 488. The van der Waals surface area contributed by atoms with E-state index in [9.17, 15) is 0 Å². The van der Waals surface area contributed by atoms with Gasteiger partial charge in [0.05, 0.1) is 19.3 Å². The van der Waals surface area contributed by atoms with Crippen molar-refractivity contribution in [1.82, 2.24) is 20.1 Å². The third kappa shape index (κ3) is 3.04. The molecule has 0 spiro atoms. The van der Waals surface area contributed by atoms with Crippen LogP contribution in [0.5, 0.6) is 6.01 Å². The highest BCUT2D eigenvalue weighted by Gasteiger charge is 2.07. The number of hydrogen-bond donors (Lipinski definition) is 3. The van der Waals surface area contributed by atoms with E-state index in [2.05, 4.69) is 30.9 Å². The molecule has 0 aliphatic heterocycles. The molecule has 0 atom stereocenters. The summed E-state index contributed by atoms with van der Waals surface area (Å²) in [7, 11) is 0. The van der Waals surface area contributed by atoms with Gasteiger partial charge in [-0.1, -0.05) is 5.16 Å². The standard InChI is InChI=1S/C9H13N7O2/c1-2-17-9-14-7(13-8(15-9)16-10)11-5-6-3-4-12-18-6/h3-4H,2,5,10H2,1H3,(H2,11,13,14,15,16). The van der Waals surface area contributed by atoms with Crippen LogP contribution in [0.2, 0.25) is 0 Å². The molecule has 4 N–H and O–H groups in total. The van der Waals surface area contributed by atoms with Crippen LogP contribution in [0.4, 0.5) is 11.9 Å². The Balaban J connectivity index is 2.08. The van der Waals surface area contributed by atoms with Crippen LogP contribution in [-0.4, -0.2) is 26.7 Å². The highest BCUT2D eigenvalue weighted by atomic mass is 16.5. The first kappa shape index (κ1) is 12.0. The number of hydrogen-bond acceptors (Lipinski definition) is 9. The average molecular weight is 251 g/mol. The fourth-order valence-electron chi connectivity index (χ4n) is 1.19. The molecular weight excluding hydrogens is 238 g/mol. The van der Waals surface area contributed by atoms with Crippen molar-refractivity contribution in [1.29, 1.82) is 0 Å². The van der Waals surface area contributed by atoms with E-state index >= 15 is 0 Å². The van der Waals surface area contributed by atoms with Gasteiger partial charge in [0.15, 0.2) is 5.76 Å². The van der Waals surface area contributed by atoms with Gasteiger partial charge in [-0.25, -0.2) is 5.84 Å². The first-order valence-electron chi connectivity index (χ1n) is 5.30.